The summed E-state index contributed by atoms with van der Waals surface area (Å²) < 4.78 is 5.02. The molecule has 0 fully saturated rings. The first kappa shape index (κ1) is 10.4. The van der Waals surface area contributed by atoms with Crippen molar-refractivity contribution in [3.05, 3.63) is 23.8 Å². The van der Waals surface area contributed by atoms with E-state index in [2.05, 4.69) is 5.32 Å². The van der Waals surface area contributed by atoms with Crippen LogP contribution in [0.2, 0.25) is 0 Å². The topological polar surface area (TPSA) is 58.6 Å². The summed E-state index contributed by atoms with van der Waals surface area (Å²) in [7, 11) is 1.51. The van der Waals surface area contributed by atoms with Gasteiger partial charge >= 0.3 is 6.09 Å². The van der Waals surface area contributed by atoms with Crippen LogP contribution in [0.1, 0.15) is 12.5 Å². The van der Waals surface area contributed by atoms with Gasteiger partial charge in [-0.2, -0.15) is 0 Å². The Morgan fingerprint density at radius 2 is 2.29 bits per heavy atom. The van der Waals surface area contributed by atoms with Gasteiger partial charge in [0.2, 0.25) is 0 Å². The maximum Gasteiger partial charge on any atom is 0.409 e. The summed E-state index contributed by atoms with van der Waals surface area (Å²) >= 11 is 0. The highest BCUT2D eigenvalue weighted by molar-refractivity contribution is 5.85. The zero-order chi connectivity index (χ0) is 10.6. The molecule has 0 atom stereocenters. The van der Waals surface area contributed by atoms with Crippen molar-refractivity contribution in [1.29, 1.82) is 0 Å². The number of carboxylic acid groups (broad SMARTS) is 1. The monoisotopic (exact) mass is 195 g/mol. The molecular weight excluding hydrogens is 182 g/mol. The van der Waals surface area contributed by atoms with Crippen molar-refractivity contribution in [2.75, 3.05) is 12.4 Å². The van der Waals surface area contributed by atoms with Crippen molar-refractivity contribution >= 4 is 11.8 Å². The van der Waals surface area contributed by atoms with E-state index in [9.17, 15) is 4.79 Å². The number of carbonyl (C=O) groups is 1. The minimum Gasteiger partial charge on any atom is -0.495 e. The largest absolute Gasteiger partial charge is 0.495 e. The molecule has 1 aromatic rings. The summed E-state index contributed by atoms with van der Waals surface area (Å²) in [6, 6.07) is 5.43. The molecule has 0 unspecified atom stereocenters. The molecule has 0 saturated heterocycles. The molecule has 4 nitrogen and oxygen atoms in total. The molecule has 1 rings (SSSR count). The number of amides is 1. The number of benzene rings is 1. The fraction of sp³-hybridized carbons (Fsp3) is 0.300. The van der Waals surface area contributed by atoms with Crippen molar-refractivity contribution in [3.63, 3.8) is 0 Å². The summed E-state index contributed by atoms with van der Waals surface area (Å²) in [5, 5.41) is 10.9. The van der Waals surface area contributed by atoms with Gasteiger partial charge in [0.25, 0.3) is 0 Å². The molecule has 14 heavy (non-hydrogen) atoms. The van der Waals surface area contributed by atoms with Gasteiger partial charge in [-0.1, -0.05) is 13.0 Å². The molecule has 0 bridgehead atoms. The van der Waals surface area contributed by atoms with Crippen LogP contribution in [-0.2, 0) is 6.42 Å². The fourth-order valence-electron chi connectivity index (χ4n) is 1.19. The van der Waals surface area contributed by atoms with E-state index in [4.69, 9.17) is 9.84 Å². The average Bonchev–Trinajstić information content (AvgIpc) is 2.16. The second-order valence-electron chi connectivity index (χ2n) is 2.82. The number of hydrogen-bond acceptors (Lipinski definition) is 2. The van der Waals surface area contributed by atoms with E-state index in [1.807, 2.05) is 13.0 Å². The van der Waals surface area contributed by atoms with E-state index in [0.717, 1.165) is 12.0 Å². The first-order valence-corrected chi connectivity index (χ1v) is 4.34. The van der Waals surface area contributed by atoms with Crippen LogP contribution in [-0.4, -0.2) is 18.3 Å². The second kappa shape index (κ2) is 4.50. The lowest BCUT2D eigenvalue weighted by Gasteiger charge is -2.09. The zero-order valence-corrected chi connectivity index (χ0v) is 8.20. The quantitative estimate of drug-likeness (QED) is 0.778. The summed E-state index contributed by atoms with van der Waals surface area (Å²) in [6.45, 7) is 2.01. The minimum absolute atomic E-state index is 0.486. The summed E-state index contributed by atoms with van der Waals surface area (Å²) in [6.07, 6.45) is -0.227. The number of hydrogen-bond donors (Lipinski definition) is 2. The van der Waals surface area contributed by atoms with Crippen molar-refractivity contribution in [1.82, 2.24) is 0 Å². The third kappa shape index (κ3) is 2.39. The molecule has 0 spiro atoms. The van der Waals surface area contributed by atoms with Crippen LogP contribution >= 0.6 is 0 Å². The number of rotatable bonds is 3. The molecule has 0 radical (unpaired) electrons. The molecule has 76 valence electrons. The van der Waals surface area contributed by atoms with E-state index >= 15 is 0 Å². The number of aryl methyl sites for hydroxylation is 1. The molecule has 4 heteroatoms. The van der Waals surface area contributed by atoms with Gasteiger partial charge in [-0.15, -0.1) is 0 Å². The summed E-state index contributed by atoms with van der Waals surface area (Å²) in [5.41, 5.74) is 1.55. The van der Waals surface area contributed by atoms with Crippen LogP contribution in [0.15, 0.2) is 18.2 Å². The van der Waals surface area contributed by atoms with Crippen molar-refractivity contribution < 1.29 is 14.6 Å². The third-order valence-electron chi connectivity index (χ3n) is 1.91. The highest BCUT2D eigenvalue weighted by Crippen LogP contribution is 2.25. The molecule has 0 aromatic heterocycles. The van der Waals surface area contributed by atoms with Gasteiger partial charge in [0, 0.05) is 0 Å². The smallest absolute Gasteiger partial charge is 0.409 e. The predicted octanol–water partition coefficient (Wildman–Crippen LogP) is 2.35. The molecular formula is C10H13NO3. The molecule has 2 N–H and O–H groups in total. The van der Waals surface area contributed by atoms with Gasteiger partial charge in [0.05, 0.1) is 12.8 Å². The van der Waals surface area contributed by atoms with Crippen LogP contribution < -0.4 is 10.1 Å². The lowest BCUT2D eigenvalue weighted by molar-refractivity contribution is 0.209. The second-order valence-corrected chi connectivity index (χ2v) is 2.82. The SMILES string of the molecule is CCc1ccc(OC)c(NC(=O)O)c1. The molecule has 0 aliphatic heterocycles. The number of nitrogens with one attached hydrogen (secondary N) is 1. The van der Waals surface area contributed by atoms with Crippen LogP contribution in [0.25, 0.3) is 0 Å². The highest BCUT2D eigenvalue weighted by Gasteiger charge is 2.06. The van der Waals surface area contributed by atoms with Gasteiger partial charge in [-0.05, 0) is 24.1 Å². The number of anilines is 1. The highest BCUT2D eigenvalue weighted by atomic mass is 16.5. The number of methoxy groups -OCH3 is 1. The standard InChI is InChI=1S/C10H13NO3/c1-3-7-4-5-9(14-2)8(6-7)11-10(12)13/h4-6,11H,3H2,1-2H3,(H,12,13). The fourth-order valence-corrected chi connectivity index (χ4v) is 1.19. The third-order valence-corrected chi connectivity index (χ3v) is 1.91. The van der Waals surface area contributed by atoms with E-state index in [1.165, 1.54) is 7.11 Å². The van der Waals surface area contributed by atoms with Gasteiger partial charge in [0.15, 0.2) is 0 Å². The summed E-state index contributed by atoms with van der Waals surface area (Å²) in [4.78, 5) is 10.5. The lowest BCUT2D eigenvalue weighted by Crippen LogP contribution is -2.08. The van der Waals surface area contributed by atoms with E-state index in [0.29, 0.717) is 11.4 Å². The number of ether oxygens (including phenoxy) is 1. The van der Waals surface area contributed by atoms with Crippen LogP contribution in [0, 0.1) is 0 Å². The minimum atomic E-state index is -1.09. The lowest BCUT2D eigenvalue weighted by atomic mass is 10.1. The van der Waals surface area contributed by atoms with Crippen LogP contribution in [0.3, 0.4) is 0 Å². The van der Waals surface area contributed by atoms with Gasteiger partial charge < -0.3 is 9.84 Å². The Labute approximate surface area is 82.5 Å². The van der Waals surface area contributed by atoms with Crippen molar-refractivity contribution in [2.24, 2.45) is 0 Å². The van der Waals surface area contributed by atoms with Crippen LogP contribution in [0.4, 0.5) is 10.5 Å². The maximum absolute atomic E-state index is 10.5. The molecule has 0 aliphatic rings. The Morgan fingerprint density at radius 1 is 1.57 bits per heavy atom. The van der Waals surface area contributed by atoms with Gasteiger partial charge in [-0.3, -0.25) is 5.32 Å². The Hall–Kier alpha value is -1.71. The van der Waals surface area contributed by atoms with Crippen molar-refractivity contribution in [2.45, 2.75) is 13.3 Å². The van der Waals surface area contributed by atoms with E-state index in [-0.39, 0.29) is 0 Å². The Morgan fingerprint density at radius 3 is 2.79 bits per heavy atom. The first-order valence-electron chi connectivity index (χ1n) is 4.34. The Balaban J connectivity index is 3.01. The van der Waals surface area contributed by atoms with Crippen LogP contribution in [0.5, 0.6) is 5.75 Å². The normalized spacial score (nSPS) is 9.57. The molecule has 1 amide bonds. The van der Waals surface area contributed by atoms with Gasteiger partial charge in [-0.25, -0.2) is 4.79 Å². The Kier molecular flexibility index (Phi) is 3.34. The predicted molar refractivity (Wildman–Crippen MR) is 54.0 cm³/mol. The average molecular weight is 195 g/mol. The molecule has 1 aromatic carbocycles. The first-order chi connectivity index (χ1) is 6.67. The van der Waals surface area contributed by atoms with E-state index in [1.54, 1.807) is 12.1 Å². The molecule has 0 saturated carbocycles. The zero-order valence-electron chi connectivity index (χ0n) is 8.20. The van der Waals surface area contributed by atoms with E-state index < -0.39 is 6.09 Å². The molecule has 0 heterocycles. The molecule has 0 aliphatic carbocycles. The maximum atomic E-state index is 10.5. The van der Waals surface area contributed by atoms with Gasteiger partial charge in [0.1, 0.15) is 5.75 Å². The Bertz CT molecular complexity index is 336. The van der Waals surface area contributed by atoms with Crippen molar-refractivity contribution in [3.8, 4) is 5.75 Å². The summed E-state index contributed by atoms with van der Waals surface area (Å²) in [5.74, 6) is 0.532.